The summed E-state index contributed by atoms with van der Waals surface area (Å²) in [5.41, 5.74) is 0.772. The summed E-state index contributed by atoms with van der Waals surface area (Å²) in [6, 6.07) is 11.4. The lowest BCUT2D eigenvalue weighted by Crippen LogP contribution is -2.31. The van der Waals surface area contributed by atoms with E-state index in [0.717, 1.165) is 4.31 Å². The van der Waals surface area contributed by atoms with Gasteiger partial charge in [0.1, 0.15) is 5.76 Å². The smallest absolute Gasteiger partial charge is 0.295 e. The number of rotatable bonds is 8. The molecule has 1 aliphatic heterocycles. The molecule has 0 saturated carbocycles. The predicted octanol–water partition coefficient (Wildman–Crippen LogP) is 3.05. The topological polar surface area (TPSA) is 104 Å². The average molecular weight is 493 g/mol. The largest absolute Gasteiger partial charge is 0.507 e. The van der Waals surface area contributed by atoms with Gasteiger partial charge in [-0.05, 0) is 48.4 Å². The van der Waals surface area contributed by atoms with Gasteiger partial charge in [-0.15, -0.1) is 0 Å². The van der Waals surface area contributed by atoms with Gasteiger partial charge in [0, 0.05) is 44.9 Å². The van der Waals surface area contributed by atoms with Crippen LogP contribution in [-0.4, -0.2) is 68.8 Å². The quantitative estimate of drug-likeness (QED) is 0.263. The third-order valence-corrected chi connectivity index (χ3v) is 7.46. The molecule has 1 heterocycles. The summed E-state index contributed by atoms with van der Waals surface area (Å²) in [6.07, 6.45) is 0.505. The van der Waals surface area contributed by atoms with Crippen LogP contribution in [0, 0.1) is 0 Å². The van der Waals surface area contributed by atoms with Crippen molar-refractivity contribution < 1.29 is 27.9 Å². The van der Waals surface area contributed by atoms with E-state index in [2.05, 4.69) is 0 Å². The number of hydrogen-bond donors (Lipinski definition) is 1. The first-order valence-electron chi connectivity index (χ1n) is 10.2. The van der Waals surface area contributed by atoms with Crippen LogP contribution in [0.15, 0.2) is 59.0 Å². The number of halogens is 1. The number of hydrogen-bond acceptors (Lipinski definition) is 6. The van der Waals surface area contributed by atoms with Crippen LogP contribution in [0.3, 0.4) is 0 Å². The second kappa shape index (κ2) is 10.0. The summed E-state index contributed by atoms with van der Waals surface area (Å²) < 4.78 is 30.8. The van der Waals surface area contributed by atoms with E-state index < -0.39 is 27.8 Å². The van der Waals surface area contributed by atoms with Gasteiger partial charge in [0.15, 0.2) is 0 Å². The molecule has 1 aliphatic rings. The van der Waals surface area contributed by atoms with Crippen molar-refractivity contribution in [1.82, 2.24) is 9.21 Å². The van der Waals surface area contributed by atoms with Crippen molar-refractivity contribution in [2.24, 2.45) is 0 Å². The Morgan fingerprint density at radius 3 is 2.24 bits per heavy atom. The first-order valence-corrected chi connectivity index (χ1v) is 12.0. The van der Waals surface area contributed by atoms with E-state index in [4.69, 9.17) is 16.3 Å². The fraction of sp³-hybridized carbons (Fsp3) is 0.304. The van der Waals surface area contributed by atoms with E-state index in [1.807, 2.05) is 0 Å². The number of amides is 1. The molecular weight excluding hydrogens is 468 g/mol. The molecule has 1 amide bonds. The minimum atomic E-state index is -3.66. The van der Waals surface area contributed by atoms with E-state index in [0.29, 0.717) is 23.6 Å². The molecule has 8 nitrogen and oxygen atoms in total. The number of Topliss-reactive ketones (excluding diaryl/α,β-unsaturated/α-hetero) is 1. The summed E-state index contributed by atoms with van der Waals surface area (Å²) in [4.78, 5) is 27.2. The summed E-state index contributed by atoms with van der Waals surface area (Å²) in [7, 11) is 0.725. The molecule has 0 radical (unpaired) electrons. The zero-order chi connectivity index (χ0) is 24.3. The molecule has 1 fully saturated rings. The van der Waals surface area contributed by atoms with Crippen LogP contribution in [0.5, 0.6) is 0 Å². The van der Waals surface area contributed by atoms with E-state index in [1.54, 1.807) is 31.4 Å². The molecule has 0 unspecified atom stereocenters. The van der Waals surface area contributed by atoms with Crippen molar-refractivity contribution in [2.75, 3.05) is 34.4 Å². The highest BCUT2D eigenvalue weighted by atomic mass is 35.5. The van der Waals surface area contributed by atoms with E-state index >= 15 is 0 Å². The molecule has 1 N–H and O–H groups in total. The second-order valence-electron chi connectivity index (χ2n) is 7.70. The van der Waals surface area contributed by atoms with Crippen LogP contribution >= 0.6 is 11.6 Å². The number of ether oxygens (including phenoxy) is 1. The average Bonchev–Trinajstić information content (AvgIpc) is 3.04. The highest BCUT2D eigenvalue weighted by Gasteiger charge is 2.45. The van der Waals surface area contributed by atoms with Crippen molar-refractivity contribution in [3.05, 3.63) is 70.3 Å². The van der Waals surface area contributed by atoms with E-state index in [1.165, 1.54) is 43.3 Å². The minimum Gasteiger partial charge on any atom is -0.507 e. The first-order chi connectivity index (χ1) is 15.6. The number of sulfonamides is 1. The van der Waals surface area contributed by atoms with Crippen molar-refractivity contribution in [3.8, 4) is 0 Å². The van der Waals surface area contributed by atoms with Gasteiger partial charge in [0.25, 0.3) is 11.7 Å². The number of methoxy groups -OCH3 is 1. The van der Waals surface area contributed by atoms with Crippen molar-refractivity contribution in [2.45, 2.75) is 17.4 Å². The van der Waals surface area contributed by atoms with Gasteiger partial charge in [-0.3, -0.25) is 9.59 Å². The van der Waals surface area contributed by atoms with Crippen LogP contribution in [0.4, 0.5) is 0 Å². The van der Waals surface area contributed by atoms with Gasteiger partial charge in [-0.25, -0.2) is 12.7 Å². The van der Waals surface area contributed by atoms with Gasteiger partial charge >= 0.3 is 0 Å². The van der Waals surface area contributed by atoms with Crippen molar-refractivity contribution in [3.63, 3.8) is 0 Å². The zero-order valence-electron chi connectivity index (χ0n) is 18.5. The third-order valence-electron chi connectivity index (χ3n) is 5.38. The number of likely N-dealkylation sites (tertiary alicyclic amines) is 1. The zero-order valence-corrected chi connectivity index (χ0v) is 20.1. The molecule has 0 spiro atoms. The maximum Gasteiger partial charge on any atom is 0.295 e. The van der Waals surface area contributed by atoms with E-state index in [-0.39, 0.29) is 28.3 Å². The fourth-order valence-electron chi connectivity index (χ4n) is 3.63. The Morgan fingerprint density at radius 2 is 1.70 bits per heavy atom. The van der Waals surface area contributed by atoms with Crippen LogP contribution in [0.2, 0.25) is 5.02 Å². The summed E-state index contributed by atoms with van der Waals surface area (Å²) >= 11 is 6.01. The summed E-state index contributed by atoms with van der Waals surface area (Å²) in [5.74, 6) is -1.91. The Hall–Kier alpha value is -2.72. The second-order valence-corrected chi connectivity index (χ2v) is 10.3. The van der Waals surface area contributed by atoms with Gasteiger partial charge < -0.3 is 14.7 Å². The van der Waals surface area contributed by atoms with Crippen LogP contribution in [-0.2, 0) is 24.3 Å². The highest BCUT2D eigenvalue weighted by molar-refractivity contribution is 7.89. The molecule has 10 heteroatoms. The minimum absolute atomic E-state index is 0.0401. The van der Waals surface area contributed by atoms with Crippen LogP contribution in [0.25, 0.3) is 5.76 Å². The molecule has 33 heavy (non-hydrogen) atoms. The van der Waals surface area contributed by atoms with Crippen LogP contribution < -0.4 is 0 Å². The maximum absolute atomic E-state index is 13.0. The SMILES string of the molecule is COCCCN1C(=O)C(=O)/C(=C(/O)c2ccc(S(=O)(=O)N(C)C)cc2)[C@@H]1c1ccc(Cl)cc1. The number of aliphatic hydroxyl groups is 1. The number of benzene rings is 2. The van der Waals surface area contributed by atoms with Gasteiger partial charge in [-0.1, -0.05) is 23.7 Å². The molecule has 0 aliphatic carbocycles. The number of ketones is 1. The van der Waals surface area contributed by atoms with Gasteiger partial charge in [0.05, 0.1) is 16.5 Å². The van der Waals surface area contributed by atoms with Crippen molar-refractivity contribution in [1.29, 1.82) is 0 Å². The number of carbonyl (C=O) groups is 2. The monoisotopic (exact) mass is 492 g/mol. The van der Waals surface area contributed by atoms with E-state index in [9.17, 15) is 23.1 Å². The Morgan fingerprint density at radius 1 is 1.09 bits per heavy atom. The molecule has 3 rings (SSSR count). The lowest BCUT2D eigenvalue weighted by molar-refractivity contribution is -0.140. The summed E-state index contributed by atoms with van der Waals surface area (Å²) in [5, 5.41) is 11.5. The fourth-order valence-corrected chi connectivity index (χ4v) is 4.66. The Balaban J connectivity index is 2.09. The van der Waals surface area contributed by atoms with Gasteiger partial charge in [0.2, 0.25) is 10.0 Å². The molecule has 2 aromatic carbocycles. The Labute approximate surface area is 198 Å². The molecule has 2 aromatic rings. The summed E-state index contributed by atoms with van der Waals surface area (Å²) in [6.45, 7) is 0.653. The Bertz CT molecular complexity index is 1170. The lowest BCUT2D eigenvalue weighted by Gasteiger charge is -2.25. The predicted molar refractivity (Wildman–Crippen MR) is 124 cm³/mol. The molecule has 1 saturated heterocycles. The number of nitrogens with zero attached hydrogens (tertiary/aromatic N) is 2. The Kier molecular flexibility index (Phi) is 7.58. The number of carbonyl (C=O) groups excluding carboxylic acids is 2. The first kappa shape index (κ1) is 24.9. The number of aliphatic hydroxyl groups excluding tert-OH is 1. The molecular formula is C23H25ClN2O6S. The maximum atomic E-state index is 13.0. The normalized spacial score (nSPS) is 18.3. The third kappa shape index (κ3) is 4.96. The van der Waals surface area contributed by atoms with Crippen molar-refractivity contribution >= 4 is 39.1 Å². The molecule has 0 aromatic heterocycles. The van der Waals surface area contributed by atoms with Crippen LogP contribution in [0.1, 0.15) is 23.6 Å². The molecule has 1 atom stereocenters. The standard InChI is InChI=1S/C23H25ClN2O6S/c1-25(2)33(30,31)18-11-7-16(8-12-18)21(27)19-20(15-5-9-17(24)10-6-15)26(13-4-14-32-3)23(29)22(19)28/h5-12,20,27H,4,13-14H2,1-3H3/b21-19+/t20-/m0/s1. The highest BCUT2D eigenvalue weighted by Crippen LogP contribution is 2.39. The van der Waals surface area contributed by atoms with Gasteiger partial charge in [-0.2, -0.15) is 0 Å². The molecule has 176 valence electrons. The molecule has 0 bridgehead atoms. The lowest BCUT2D eigenvalue weighted by atomic mass is 9.95.